The van der Waals surface area contributed by atoms with E-state index in [4.69, 9.17) is 14.1 Å². The minimum absolute atomic E-state index is 0.405. The van der Waals surface area contributed by atoms with Crippen LogP contribution in [0.2, 0.25) is 0 Å². The Labute approximate surface area is 156 Å². The fourth-order valence-electron chi connectivity index (χ4n) is 3.42. The molecule has 0 saturated heterocycles. The molecule has 0 fully saturated rings. The van der Waals surface area contributed by atoms with Gasteiger partial charge < -0.3 is 14.3 Å². The van der Waals surface area contributed by atoms with Crippen LogP contribution >= 0.6 is 0 Å². The molecule has 0 amide bonds. The van der Waals surface area contributed by atoms with Gasteiger partial charge in [0, 0.05) is 18.3 Å². The number of unbranched alkanes of at least 4 members (excludes halogenated alkanes) is 2. The van der Waals surface area contributed by atoms with Crippen LogP contribution in [0.15, 0.2) is 45.7 Å². The molecule has 0 aliphatic rings. The molecule has 4 aromatic rings. The third kappa shape index (κ3) is 3.01. The number of H-pyrrole nitrogens is 1. The zero-order valence-corrected chi connectivity index (χ0v) is 15.6. The number of benzene rings is 1. The largest absolute Gasteiger partial charge is 0.492 e. The number of rotatable bonds is 7. The van der Waals surface area contributed by atoms with Gasteiger partial charge in [-0.2, -0.15) is 0 Å². The second-order valence-electron chi connectivity index (χ2n) is 6.55. The lowest BCUT2D eigenvalue weighted by molar-refractivity contribution is 0.347. The van der Waals surface area contributed by atoms with E-state index < -0.39 is 5.63 Å². The van der Waals surface area contributed by atoms with Crippen molar-refractivity contribution in [2.45, 2.75) is 39.7 Å². The average Bonchev–Trinajstić information content (AvgIpc) is 3.24. The average molecular weight is 365 g/mol. The normalized spacial score (nSPS) is 11.5. The number of pyridine rings is 1. The summed E-state index contributed by atoms with van der Waals surface area (Å²) in [7, 11) is 0. The monoisotopic (exact) mass is 365 g/mol. The molecule has 6 nitrogen and oxygen atoms in total. The smallest absolute Gasteiger partial charge is 0.349 e. The predicted octanol–water partition coefficient (Wildman–Crippen LogP) is 4.73. The van der Waals surface area contributed by atoms with Crippen molar-refractivity contribution in [3.05, 3.63) is 46.9 Å². The van der Waals surface area contributed by atoms with Gasteiger partial charge in [-0.15, -0.1) is 0 Å². The number of furan rings is 1. The summed E-state index contributed by atoms with van der Waals surface area (Å²) < 4.78 is 13.5. The van der Waals surface area contributed by atoms with E-state index in [1.165, 1.54) is 0 Å². The van der Waals surface area contributed by atoms with Crippen molar-refractivity contribution in [1.82, 2.24) is 14.8 Å². The number of hydrogen-bond acceptors (Lipinski definition) is 4. The molecule has 140 valence electrons. The van der Waals surface area contributed by atoms with Gasteiger partial charge in [0.1, 0.15) is 16.7 Å². The molecule has 0 saturated carbocycles. The Balaban J connectivity index is 1.98. The first kappa shape index (κ1) is 17.4. The molecule has 3 aromatic heterocycles. The van der Waals surface area contributed by atoms with Crippen molar-refractivity contribution in [3.8, 4) is 17.1 Å². The lowest BCUT2D eigenvalue weighted by Crippen LogP contribution is -2.03. The minimum atomic E-state index is -0.416. The maximum absolute atomic E-state index is 12.6. The molecule has 0 radical (unpaired) electrons. The fraction of sp³-hybridized carbons (Fsp3) is 0.333. The summed E-state index contributed by atoms with van der Waals surface area (Å²) in [5.41, 5.74) is 1.73. The van der Waals surface area contributed by atoms with E-state index in [0.717, 1.165) is 42.4 Å². The van der Waals surface area contributed by atoms with Gasteiger partial charge in [-0.1, -0.05) is 50.1 Å². The van der Waals surface area contributed by atoms with Gasteiger partial charge in [-0.05, 0) is 13.3 Å². The molecule has 0 atom stereocenters. The Morgan fingerprint density at radius 3 is 2.74 bits per heavy atom. The number of fused-ring (bicyclic) bond motifs is 2. The highest BCUT2D eigenvalue weighted by Gasteiger charge is 2.23. The first-order chi connectivity index (χ1) is 13.2. The molecule has 27 heavy (non-hydrogen) atoms. The van der Waals surface area contributed by atoms with Crippen LogP contribution in [-0.4, -0.2) is 21.4 Å². The van der Waals surface area contributed by atoms with Gasteiger partial charge in [0.25, 0.3) is 0 Å². The molecule has 4 rings (SSSR count). The van der Waals surface area contributed by atoms with Gasteiger partial charge in [0.2, 0.25) is 0 Å². The van der Waals surface area contributed by atoms with Crippen molar-refractivity contribution in [3.63, 3.8) is 0 Å². The first-order valence-corrected chi connectivity index (χ1v) is 9.47. The van der Waals surface area contributed by atoms with Crippen LogP contribution < -0.4 is 10.4 Å². The number of nitrogens with one attached hydrogen (secondary N) is 1. The summed E-state index contributed by atoms with van der Waals surface area (Å²) >= 11 is 0. The van der Waals surface area contributed by atoms with E-state index in [1.54, 1.807) is 0 Å². The van der Waals surface area contributed by atoms with Crippen LogP contribution in [0.1, 0.15) is 33.1 Å². The predicted molar refractivity (Wildman–Crippen MR) is 106 cm³/mol. The topological polar surface area (TPSA) is 73.0 Å². The van der Waals surface area contributed by atoms with E-state index in [-0.39, 0.29) is 0 Å². The molecule has 0 unspecified atom stereocenters. The Morgan fingerprint density at radius 1 is 1.19 bits per heavy atom. The molecular weight excluding hydrogens is 342 g/mol. The number of aromatic nitrogens is 3. The number of ether oxygens (including phenoxy) is 1. The lowest BCUT2D eigenvalue weighted by Gasteiger charge is -2.08. The third-order valence-electron chi connectivity index (χ3n) is 4.71. The van der Waals surface area contributed by atoms with E-state index in [9.17, 15) is 4.79 Å². The maximum Gasteiger partial charge on any atom is 0.349 e. The summed E-state index contributed by atoms with van der Waals surface area (Å²) in [6.07, 6.45) is 5.22. The minimum Gasteiger partial charge on any atom is -0.492 e. The maximum atomic E-state index is 12.6. The van der Waals surface area contributed by atoms with Crippen molar-refractivity contribution < 1.29 is 9.15 Å². The summed E-state index contributed by atoms with van der Waals surface area (Å²) in [5.74, 6) is 1.03. The molecule has 0 aliphatic heterocycles. The molecule has 1 aromatic carbocycles. The zero-order valence-electron chi connectivity index (χ0n) is 15.6. The molecule has 1 N–H and O–H groups in total. The summed E-state index contributed by atoms with van der Waals surface area (Å²) in [4.78, 5) is 17.4. The van der Waals surface area contributed by atoms with Crippen molar-refractivity contribution >= 4 is 21.9 Å². The van der Waals surface area contributed by atoms with Crippen LogP contribution in [0.5, 0.6) is 5.75 Å². The molecule has 0 aliphatic carbocycles. The second-order valence-corrected chi connectivity index (χ2v) is 6.55. The van der Waals surface area contributed by atoms with E-state index in [2.05, 4.69) is 12.0 Å². The van der Waals surface area contributed by atoms with Crippen LogP contribution in [0, 0.1) is 0 Å². The molecule has 6 heteroatoms. The molecule has 0 bridgehead atoms. The Morgan fingerprint density at radius 2 is 2.00 bits per heavy atom. The van der Waals surface area contributed by atoms with E-state index in [1.807, 2.05) is 48.1 Å². The SMILES string of the molecule is CCCCCn1[nH]cc2c(OCC)c3c(=O)oc(-c4ccccc4)c3nc21. The van der Waals surface area contributed by atoms with Gasteiger partial charge in [-0.3, -0.25) is 4.68 Å². The zero-order chi connectivity index (χ0) is 18.8. The van der Waals surface area contributed by atoms with E-state index in [0.29, 0.717) is 29.0 Å². The van der Waals surface area contributed by atoms with Crippen LogP contribution in [0.3, 0.4) is 0 Å². The van der Waals surface area contributed by atoms with Gasteiger partial charge in [0.15, 0.2) is 11.4 Å². The molecule has 0 spiro atoms. The summed E-state index contributed by atoms with van der Waals surface area (Å²) in [6.45, 7) is 5.38. The summed E-state index contributed by atoms with van der Waals surface area (Å²) in [5, 5.41) is 4.47. The number of aryl methyl sites for hydroxylation is 1. The second kappa shape index (κ2) is 7.31. The Bertz CT molecular complexity index is 1120. The quantitative estimate of drug-likeness (QED) is 0.481. The molecule has 3 heterocycles. The van der Waals surface area contributed by atoms with Gasteiger partial charge in [-0.25, -0.2) is 9.78 Å². The van der Waals surface area contributed by atoms with Crippen molar-refractivity contribution in [1.29, 1.82) is 0 Å². The highest BCUT2D eigenvalue weighted by atomic mass is 16.5. The number of aromatic amines is 1. The van der Waals surface area contributed by atoms with Crippen LogP contribution in [-0.2, 0) is 6.54 Å². The Kier molecular flexibility index (Phi) is 4.71. The van der Waals surface area contributed by atoms with Crippen LogP contribution in [0.25, 0.3) is 33.3 Å². The summed E-state index contributed by atoms with van der Waals surface area (Å²) in [6, 6.07) is 9.58. The van der Waals surface area contributed by atoms with Crippen molar-refractivity contribution in [2.75, 3.05) is 6.61 Å². The fourth-order valence-corrected chi connectivity index (χ4v) is 3.42. The highest BCUT2D eigenvalue weighted by molar-refractivity contribution is 6.04. The number of nitrogens with zero attached hydrogens (tertiary/aromatic N) is 2. The van der Waals surface area contributed by atoms with Crippen molar-refractivity contribution in [2.24, 2.45) is 0 Å². The number of hydrogen-bond donors (Lipinski definition) is 1. The highest BCUT2D eigenvalue weighted by Crippen LogP contribution is 2.36. The van der Waals surface area contributed by atoms with Gasteiger partial charge in [0.05, 0.1) is 12.0 Å². The standard InChI is InChI=1S/C21H23N3O3/c1-3-5-9-12-24-20-15(13-22-24)19(26-4-2)16-17(23-20)18(27-21(16)25)14-10-7-6-8-11-14/h6-8,10-11,13,22H,3-5,9,12H2,1-2H3. The Hall–Kier alpha value is -3.02. The third-order valence-corrected chi connectivity index (χ3v) is 4.71. The first-order valence-electron chi connectivity index (χ1n) is 9.47. The van der Waals surface area contributed by atoms with E-state index >= 15 is 0 Å². The van der Waals surface area contributed by atoms with Gasteiger partial charge >= 0.3 is 5.63 Å². The van der Waals surface area contributed by atoms with Crippen LogP contribution in [0.4, 0.5) is 0 Å². The molecular formula is C21H23N3O3. The lowest BCUT2D eigenvalue weighted by atomic mass is 10.1.